The van der Waals surface area contributed by atoms with E-state index in [1.165, 1.54) is 19.2 Å². The number of amides is 1. The molecule has 0 saturated heterocycles. The summed E-state index contributed by atoms with van der Waals surface area (Å²) in [4.78, 5) is 12.5. The Morgan fingerprint density at radius 1 is 1.00 bits per heavy atom. The number of carbonyl (C=O) groups is 1. The van der Waals surface area contributed by atoms with Crippen LogP contribution in [0.25, 0.3) is 0 Å². The molecule has 0 saturated carbocycles. The molecule has 0 aliphatic heterocycles. The average Bonchev–Trinajstić information content (AvgIpc) is 2.73. The van der Waals surface area contributed by atoms with E-state index in [1.54, 1.807) is 54.6 Å². The van der Waals surface area contributed by atoms with Gasteiger partial charge in [-0.05, 0) is 48.0 Å². The number of halogens is 1. The maximum absolute atomic E-state index is 12.4. The predicted octanol–water partition coefficient (Wildman–Crippen LogP) is 4.08. The summed E-state index contributed by atoms with van der Waals surface area (Å²) in [7, 11) is -2.15. The third-order valence-corrected chi connectivity index (χ3v) is 5.78. The summed E-state index contributed by atoms with van der Waals surface area (Å²) in [5.41, 5.74) is 1.72. The van der Waals surface area contributed by atoms with Crippen LogP contribution in [0.5, 0.6) is 5.75 Å². The van der Waals surface area contributed by atoms with Gasteiger partial charge in [-0.1, -0.05) is 41.9 Å². The summed E-state index contributed by atoms with van der Waals surface area (Å²) in [5, 5.41) is 3.14. The SMILES string of the molecule is COc1ccccc1NC(=O)c1ccc(CNS(=O)(=O)c2cccc(Cl)c2)cc1. The Bertz CT molecular complexity index is 1120. The normalized spacial score (nSPS) is 11.1. The maximum atomic E-state index is 12.4. The smallest absolute Gasteiger partial charge is 0.255 e. The summed E-state index contributed by atoms with van der Waals surface area (Å²) in [6.45, 7) is 0.0866. The minimum absolute atomic E-state index is 0.0866. The van der Waals surface area contributed by atoms with E-state index in [-0.39, 0.29) is 17.3 Å². The van der Waals surface area contributed by atoms with Crippen LogP contribution in [0.1, 0.15) is 15.9 Å². The molecule has 6 nitrogen and oxygen atoms in total. The number of hydrogen-bond acceptors (Lipinski definition) is 4. The van der Waals surface area contributed by atoms with E-state index >= 15 is 0 Å². The Balaban J connectivity index is 1.65. The molecule has 0 spiro atoms. The van der Waals surface area contributed by atoms with Gasteiger partial charge in [0, 0.05) is 17.1 Å². The fourth-order valence-corrected chi connectivity index (χ4v) is 3.93. The Morgan fingerprint density at radius 3 is 2.41 bits per heavy atom. The van der Waals surface area contributed by atoms with Gasteiger partial charge in [0.15, 0.2) is 0 Å². The van der Waals surface area contributed by atoms with Crippen molar-refractivity contribution in [1.29, 1.82) is 0 Å². The second-order valence-electron chi connectivity index (χ2n) is 6.13. The van der Waals surface area contributed by atoms with E-state index in [2.05, 4.69) is 10.0 Å². The minimum Gasteiger partial charge on any atom is -0.495 e. The molecule has 2 N–H and O–H groups in total. The number of methoxy groups -OCH3 is 1. The molecule has 3 aromatic rings. The second kappa shape index (κ2) is 9.09. The molecule has 150 valence electrons. The van der Waals surface area contributed by atoms with Crippen molar-refractivity contribution in [2.24, 2.45) is 0 Å². The molecule has 0 aliphatic rings. The number of nitrogens with one attached hydrogen (secondary N) is 2. The molecule has 0 aliphatic carbocycles. The zero-order chi connectivity index (χ0) is 20.9. The monoisotopic (exact) mass is 430 g/mol. The van der Waals surface area contributed by atoms with Gasteiger partial charge in [0.1, 0.15) is 5.75 Å². The molecule has 0 heterocycles. The molecule has 0 radical (unpaired) electrons. The number of carbonyl (C=O) groups excluding carboxylic acids is 1. The zero-order valence-corrected chi connectivity index (χ0v) is 17.1. The highest BCUT2D eigenvalue weighted by molar-refractivity contribution is 7.89. The van der Waals surface area contributed by atoms with Gasteiger partial charge in [-0.15, -0.1) is 0 Å². The Kier molecular flexibility index (Phi) is 6.53. The number of benzene rings is 3. The van der Waals surface area contributed by atoms with Crippen molar-refractivity contribution in [3.63, 3.8) is 0 Å². The van der Waals surface area contributed by atoms with E-state index in [0.717, 1.165) is 0 Å². The Hall–Kier alpha value is -2.87. The molecule has 3 aromatic carbocycles. The summed E-state index contributed by atoms with van der Waals surface area (Å²) in [6.07, 6.45) is 0. The third kappa shape index (κ3) is 5.35. The number of sulfonamides is 1. The standard InChI is InChI=1S/C21H19ClN2O4S/c1-28-20-8-3-2-7-19(20)24-21(25)16-11-9-15(10-12-16)14-23-29(26,27)18-6-4-5-17(22)13-18/h2-13,23H,14H2,1H3,(H,24,25). The molecule has 0 aromatic heterocycles. The lowest BCUT2D eigenvalue weighted by Crippen LogP contribution is -2.23. The molecular weight excluding hydrogens is 412 g/mol. The van der Waals surface area contributed by atoms with E-state index in [0.29, 0.717) is 27.6 Å². The van der Waals surface area contributed by atoms with E-state index in [9.17, 15) is 13.2 Å². The predicted molar refractivity (Wildman–Crippen MR) is 113 cm³/mol. The fourth-order valence-electron chi connectivity index (χ4n) is 2.61. The van der Waals surface area contributed by atoms with Gasteiger partial charge in [-0.25, -0.2) is 13.1 Å². The lowest BCUT2D eigenvalue weighted by Gasteiger charge is -2.10. The summed E-state index contributed by atoms with van der Waals surface area (Å²) < 4.78 is 32.4. The third-order valence-electron chi connectivity index (χ3n) is 4.14. The highest BCUT2D eigenvalue weighted by Crippen LogP contribution is 2.23. The van der Waals surface area contributed by atoms with Crippen molar-refractivity contribution in [3.8, 4) is 5.75 Å². The molecule has 1 amide bonds. The lowest BCUT2D eigenvalue weighted by molar-refractivity contribution is 0.102. The number of rotatable bonds is 7. The van der Waals surface area contributed by atoms with E-state index in [1.807, 2.05) is 6.07 Å². The highest BCUT2D eigenvalue weighted by atomic mass is 35.5. The van der Waals surface area contributed by atoms with Crippen molar-refractivity contribution in [1.82, 2.24) is 4.72 Å². The van der Waals surface area contributed by atoms with Crippen LogP contribution in [0.2, 0.25) is 5.02 Å². The lowest BCUT2D eigenvalue weighted by atomic mass is 10.1. The first-order valence-electron chi connectivity index (χ1n) is 8.67. The van der Waals surface area contributed by atoms with Crippen LogP contribution in [0.15, 0.2) is 77.7 Å². The number of ether oxygens (including phenoxy) is 1. The second-order valence-corrected chi connectivity index (χ2v) is 8.34. The van der Waals surface area contributed by atoms with Crippen LogP contribution in [-0.2, 0) is 16.6 Å². The Morgan fingerprint density at radius 2 is 1.72 bits per heavy atom. The van der Waals surface area contributed by atoms with E-state index < -0.39 is 10.0 Å². The summed E-state index contributed by atoms with van der Waals surface area (Å²) in [5.74, 6) is 0.272. The Labute approximate surface area is 174 Å². The van der Waals surface area contributed by atoms with Crippen LogP contribution in [0, 0.1) is 0 Å². The van der Waals surface area contributed by atoms with Gasteiger partial charge in [0.2, 0.25) is 10.0 Å². The van der Waals surface area contributed by atoms with Gasteiger partial charge >= 0.3 is 0 Å². The quantitative estimate of drug-likeness (QED) is 0.591. The average molecular weight is 431 g/mol. The van der Waals surface area contributed by atoms with Crippen molar-refractivity contribution >= 4 is 33.2 Å². The highest BCUT2D eigenvalue weighted by Gasteiger charge is 2.14. The summed E-state index contributed by atoms with van der Waals surface area (Å²) >= 11 is 5.85. The minimum atomic E-state index is -3.68. The molecule has 0 bridgehead atoms. The van der Waals surface area contributed by atoms with Crippen molar-refractivity contribution < 1.29 is 17.9 Å². The molecule has 0 fully saturated rings. The molecular formula is C21H19ClN2O4S. The van der Waals surface area contributed by atoms with Crippen molar-refractivity contribution in [2.45, 2.75) is 11.4 Å². The van der Waals surface area contributed by atoms with Gasteiger partial charge in [0.05, 0.1) is 17.7 Å². The zero-order valence-electron chi connectivity index (χ0n) is 15.6. The molecule has 0 atom stereocenters. The fraction of sp³-hybridized carbons (Fsp3) is 0.0952. The van der Waals surface area contributed by atoms with Crippen LogP contribution in [0.3, 0.4) is 0 Å². The van der Waals surface area contributed by atoms with Crippen LogP contribution in [0.4, 0.5) is 5.69 Å². The first-order valence-corrected chi connectivity index (χ1v) is 10.5. The molecule has 29 heavy (non-hydrogen) atoms. The first-order chi connectivity index (χ1) is 13.9. The van der Waals surface area contributed by atoms with Gasteiger partial charge in [-0.3, -0.25) is 4.79 Å². The molecule has 3 rings (SSSR count). The van der Waals surface area contributed by atoms with Crippen LogP contribution >= 0.6 is 11.6 Å². The van der Waals surface area contributed by atoms with Crippen molar-refractivity contribution in [3.05, 3.63) is 88.9 Å². The molecule has 8 heteroatoms. The number of hydrogen-bond donors (Lipinski definition) is 2. The maximum Gasteiger partial charge on any atom is 0.255 e. The van der Waals surface area contributed by atoms with Crippen LogP contribution < -0.4 is 14.8 Å². The first kappa shape index (κ1) is 20.9. The van der Waals surface area contributed by atoms with Gasteiger partial charge in [-0.2, -0.15) is 0 Å². The van der Waals surface area contributed by atoms with Crippen molar-refractivity contribution in [2.75, 3.05) is 12.4 Å². The largest absolute Gasteiger partial charge is 0.495 e. The topological polar surface area (TPSA) is 84.5 Å². The number of para-hydroxylation sites is 2. The van der Waals surface area contributed by atoms with Gasteiger partial charge in [0.25, 0.3) is 5.91 Å². The number of anilines is 1. The van der Waals surface area contributed by atoms with E-state index in [4.69, 9.17) is 16.3 Å². The summed E-state index contributed by atoms with van der Waals surface area (Å²) in [6, 6.07) is 19.8. The van der Waals surface area contributed by atoms with Crippen LogP contribution in [-0.4, -0.2) is 21.4 Å². The van der Waals surface area contributed by atoms with Gasteiger partial charge < -0.3 is 10.1 Å². The molecule has 0 unspecified atom stereocenters.